The van der Waals surface area contributed by atoms with Gasteiger partial charge in [-0.05, 0) is 25.7 Å². The molecule has 0 amide bonds. The van der Waals surface area contributed by atoms with Crippen molar-refractivity contribution >= 4 is 18.0 Å². The third kappa shape index (κ3) is 2.99. The van der Waals surface area contributed by atoms with Gasteiger partial charge in [0, 0.05) is 5.92 Å². The summed E-state index contributed by atoms with van der Waals surface area (Å²) in [6, 6.07) is 0. The molecule has 82 valence electrons. The molecule has 0 atom stereocenters. The van der Waals surface area contributed by atoms with Gasteiger partial charge in [-0.25, -0.2) is 0 Å². The van der Waals surface area contributed by atoms with Gasteiger partial charge in [0.1, 0.15) is 0 Å². The summed E-state index contributed by atoms with van der Waals surface area (Å²) < 4.78 is 4.65. The van der Waals surface area contributed by atoms with Gasteiger partial charge in [0.2, 0.25) is 5.78 Å². The van der Waals surface area contributed by atoms with Crippen LogP contribution in [0, 0.1) is 17.4 Å². The number of Topliss-reactive ketones (excluding diaryl/α,β-unsaturated/α-hetero) is 1. The molecular weight excluding hydrogens is 196 g/mol. The van der Waals surface area contributed by atoms with E-state index in [0.29, 0.717) is 25.7 Å². The zero-order valence-corrected chi connectivity index (χ0v) is 8.73. The van der Waals surface area contributed by atoms with Crippen molar-refractivity contribution in [1.29, 1.82) is 5.53 Å². The first-order chi connectivity index (χ1) is 7.19. The maximum atomic E-state index is 11.4. The van der Waals surface area contributed by atoms with Gasteiger partial charge in [-0.1, -0.05) is 0 Å². The first-order valence-electron chi connectivity index (χ1n) is 5.00. The third-order valence-electron chi connectivity index (χ3n) is 2.86. The van der Waals surface area contributed by atoms with Crippen LogP contribution in [-0.4, -0.2) is 29.9 Å². The van der Waals surface area contributed by atoms with Crippen molar-refractivity contribution in [2.75, 3.05) is 7.11 Å². The van der Waals surface area contributed by atoms with E-state index in [1.807, 2.05) is 0 Å². The molecule has 1 N–H and O–H groups in total. The Labute approximate surface area is 88.0 Å². The van der Waals surface area contributed by atoms with Crippen LogP contribution >= 0.6 is 0 Å². The van der Waals surface area contributed by atoms with Gasteiger partial charge in [0.05, 0.1) is 23.3 Å². The van der Waals surface area contributed by atoms with Crippen LogP contribution in [0.15, 0.2) is 0 Å². The van der Waals surface area contributed by atoms with Crippen molar-refractivity contribution in [3.8, 4) is 0 Å². The first kappa shape index (κ1) is 11.6. The number of ketones is 1. The van der Waals surface area contributed by atoms with Gasteiger partial charge in [-0.3, -0.25) is 9.59 Å². The maximum Gasteiger partial charge on any atom is 0.372 e. The zero-order chi connectivity index (χ0) is 11.3. The number of carbonyl (C=O) groups is 2. The molecule has 0 saturated heterocycles. The van der Waals surface area contributed by atoms with Gasteiger partial charge in [-0.2, -0.15) is 0 Å². The summed E-state index contributed by atoms with van der Waals surface area (Å²) in [5.74, 6) is -0.421. The standard InChI is InChI=1S/C10H15N2O3/c1-15-10(14)8-4-2-7(3-5-8)9(13)6-12-11/h6-8,11H,2-5H2,1H3/q+1. The molecular formula is C10H15N2O3+. The molecule has 0 unspecified atom stereocenters. The topological polar surface area (TPSA) is 81.3 Å². The fourth-order valence-electron chi connectivity index (χ4n) is 1.95. The number of rotatable bonds is 3. The van der Waals surface area contributed by atoms with Crippen LogP contribution < -0.4 is 0 Å². The number of methoxy groups -OCH3 is 1. The lowest BCUT2D eigenvalue weighted by atomic mass is 9.80. The van der Waals surface area contributed by atoms with Crippen LogP contribution in [0.1, 0.15) is 25.7 Å². The van der Waals surface area contributed by atoms with E-state index in [2.05, 4.69) is 9.53 Å². The minimum absolute atomic E-state index is 0.0630. The number of carbonyl (C=O) groups excluding carboxylic acids is 2. The fourth-order valence-corrected chi connectivity index (χ4v) is 1.95. The van der Waals surface area contributed by atoms with Crippen LogP contribution in [0.5, 0.6) is 0 Å². The Morgan fingerprint density at radius 1 is 1.27 bits per heavy atom. The minimum atomic E-state index is -0.185. The molecule has 0 bridgehead atoms. The van der Waals surface area contributed by atoms with E-state index < -0.39 is 0 Å². The molecule has 1 saturated carbocycles. The van der Waals surface area contributed by atoms with Crippen molar-refractivity contribution in [3.63, 3.8) is 0 Å². The van der Waals surface area contributed by atoms with E-state index in [1.54, 1.807) is 0 Å². The van der Waals surface area contributed by atoms with Crippen LogP contribution in [0.4, 0.5) is 0 Å². The summed E-state index contributed by atoms with van der Waals surface area (Å²) in [6.45, 7) is 0. The summed E-state index contributed by atoms with van der Waals surface area (Å²) in [6.07, 6.45) is 3.79. The Morgan fingerprint density at radius 3 is 2.27 bits per heavy atom. The lowest BCUT2D eigenvalue weighted by Gasteiger charge is -2.23. The smallest absolute Gasteiger partial charge is 0.372 e. The lowest BCUT2D eigenvalue weighted by Crippen LogP contribution is -2.27. The molecule has 5 nitrogen and oxygen atoms in total. The lowest BCUT2D eigenvalue weighted by molar-refractivity contribution is -0.147. The number of nitrogens with zero attached hydrogens (tertiary/aromatic N) is 1. The molecule has 1 rings (SSSR count). The number of nitrogens with one attached hydrogen (secondary N) is 1. The fraction of sp³-hybridized carbons (Fsp3) is 0.700. The van der Waals surface area contributed by atoms with Crippen LogP contribution in [-0.2, 0) is 14.3 Å². The average Bonchev–Trinajstić information content (AvgIpc) is 2.28. The summed E-state index contributed by atoms with van der Waals surface area (Å²) in [4.78, 5) is 25.5. The van der Waals surface area contributed by atoms with Gasteiger partial charge in [-0.15, -0.1) is 0 Å². The largest absolute Gasteiger partial charge is 0.469 e. The Bertz CT molecular complexity index is 300. The van der Waals surface area contributed by atoms with Crippen molar-refractivity contribution in [1.82, 2.24) is 0 Å². The highest BCUT2D eigenvalue weighted by molar-refractivity contribution is 6.26. The summed E-state index contributed by atoms with van der Waals surface area (Å²) in [7, 11) is 1.38. The average molecular weight is 211 g/mol. The van der Waals surface area contributed by atoms with Gasteiger partial charge < -0.3 is 4.74 Å². The Morgan fingerprint density at radius 2 is 1.80 bits per heavy atom. The van der Waals surface area contributed by atoms with E-state index in [4.69, 9.17) is 5.53 Å². The van der Waals surface area contributed by atoms with Crippen molar-refractivity contribution in [2.24, 2.45) is 11.8 Å². The summed E-state index contributed by atoms with van der Waals surface area (Å²) >= 11 is 0. The van der Waals surface area contributed by atoms with Crippen LogP contribution in [0.2, 0.25) is 0 Å². The predicted octanol–water partition coefficient (Wildman–Crippen LogP) is 0.845. The van der Waals surface area contributed by atoms with Gasteiger partial charge in [0.15, 0.2) is 0 Å². The number of hydrogen-bond donors (Lipinski definition) is 1. The Kier molecular flexibility index (Phi) is 4.18. The molecule has 1 aliphatic rings. The number of esters is 1. The van der Waals surface area contributed by atoms with Crippen molar-refractivity contribution < 1.29 is 19.1 Å². The summed E-state index contributed by atoms with van der Waals surface area (Å²) in [5.41, 5.74) is 6.56. The van der Waals surface area contributed by atoms with E-state index >= 15 is 0 Å². The summed E-state index contributed by atoms with van der Waals surface area (Å²) in [5, 5.41) is 0. The second-order valence-corrected chi connectivity index (χ2v) is 3.73. The monoisotopic (exact) mass is 211 g/mol. The molecule has 0 aliphatic heterocycles. The normalized spacial score (nSPS) is 25.1. The number of hydrogen-bond acceptors (Lipinski definition) is 4. The Hall–Kier alpha value is -1.48. The highest BCUT2D eigenvalue weighted by Gasteiger charge is 2.31. The quantitative estimate of drug-likeness (QED) is 0.325. The first-order valence-corrected chi connectivity index (χ1v) is 5.00. The molecule has 0 spiro atoms. The third-order valence-corrected chi connectivity index (χ3v) is 2.86. The highest BCUT2D eigenvalue weighted by Crippen LogP contribution is 2.29. The molecule has 1 fully saturated rings. The molecule has 0 aromatic rings. The molecule has 0 aromatic heterocycles. The van der Waals surface area contributed by atoms with Crippen LogP contribution in [0.25, 0.3) is 0 Å². The van der Waals surface area contributed by atoms with E-state index in [1.165, 1.54) is 7.11 Å². The molecule has 1 aliphatic carbocycles. The highest BCUT2D eigenvalue weighted by atomic mass is 16.5. The SMILES string of the molecule is COC(=O)C1CCC(C(=O)C=[N+]=N)CC1. The van der Waals surface area contributed by atoms with Crippen LogP contribution in [0.3, 0.4) is 0 Å². The van der Waals surface area contributed by atoms with Gasteiger partial charge in [0.25, 0.3) is 0 Å². The Balaban J connectivity index is 2.45. The van der Waals surface area contributed by atoms with Gasteiger partial charge >= 0.3 is 12.2 Å². The second kappa shape index (κ2) is 5.41. The molecule has 15 heavy (non-hydrogen) atoms. The predicted molar refractivity (Wildman–Crippen MR) is 51.5 cm³/mol. The number of ether oxygens (including phenoxy) is 1. The van der Waals surface area contributed by atoms with Crippen molar-refractivity contribution in [2.45, 2.75) is 25.7 Å². The zero-order valence-electron chi connectivity index (χ0n) is 8.73. The molecule has 0 aromatic carbocycles. The van der Waals surface area contributed by atoms with E-state index in [9.17, 15) is 9.59 Å². The maximum absolute atomic E-state index is 11.4. The minimum Gasteiger partial charge on any atom is -0.469 e. The second-order valence-electron chi connectivity index (χ2n) is 3.73. The molecule has 0 heterocycles. The molecule has 0 radical (unpaired) electrons. The van der Waals surface area contributed by atoms with Crippen molar-refractivity contribution in [3.05, 3.63) is 0 Å². The molecule has 5 heteroatoms. The van der Waals surface area contributed by atoms with E-state index in [0.717, 1.165) is 6.21 Å². The van der Waals surface area contributed by atoms with E-state index in [-0.39, 0.29) is 23.6 Å².